The molecule has 0 saturated carbocycles. The molecule has 2 aromatic heterocycles. The average molecular weight is 431 g/mol. The van der Waals surface area contributed by atoms with Crippen LogP contribution in [0, 0.1) is 5.82 Å². The third-order valence-corrected chi connectivity index (χ3v) is 5.70. The Morgan fingerprint density at radius 3 is 2.72 bits per heavy atom. The largest absolute Gasteiger partial charge is 0.443 e. The predicted molar refractivity (Wildman–Crippen MR) is 115 cm³/mol. The highest BCUT2D eigenvalue weighted by molar-refractivity contribution is 5.92. The predicted octanol–water partition coefficient (Wildman–Crippen LogP) is 5.43. The number of rotatable bonds is 5. The first-order chi connectivity index (χ1) is 15.7. The summed E-state index contributed by atoms with van der Waals surface area (Å²) < 4.78 is 24.6. The van der Waals surface area contributed by atoms with E-state index >= 15 is 0 Å². The number of hydrogen-bond donors (Lipinski definition) is 0. The Balaban J connectivity index is 1.35. The lowest BCUT2D eigenvalue weighted by Crippen LogP contribution is -2.38. The van der Waals surface area contributed by atoms with Gasteiger partial charge in [-0.25, -0.2) is 9.37 Å². The maximum Gasteiger partial charge on any atom is 0.293 e. The molecule has 1 aliphatic heterocycles. The molecule has 0 aliphatic carbocycles. The molecule has 6 nitrogen and oxygen atoms in total. The lowest BCUT2D eigenvalue weighted by Gasteiger charge is -2.32. The number of hydrogen-bond acceptors (Lipinski definition) is 5. The van der Waals surface area contributed by atoms with Gasteiger partial charge in [-0.3, -0.25) is 4.79 Å². The second-order valence-electron chi connectivity index (χ2n) is 7.92. The normalized spacial score (nSPS) is 16.3. The number of carbonyl (C=O) groups excluding carboxylic acids is 1. The standard InChI is InChI=1S/C25H22FN3O3/c26-19-11-9-18(10-12-19)21-15-23(32-28-21)25(30)29-13-5-4-8-22(29)24-27-16-20(31-24)14-17-6-2-1-3-7-17/h1-3,6-7,9-12,15-16,22H,4-5,8,13-14H2/t22-/m1/s1. The van der Waals surface area contributed by atoms with E-state index in [9.17, 15) is 9.18 Å². The molecule has 1 amide bonds. The van der Waals surface area contributed by atoms with Gasteiger partial charge in [-0.05, 0) is 49.1 Å². The fourth-order valence-electron chi connectivity index (χ4n) is 4.06. The fourth-order valence-corrected chi connectivity index (χ4v) is 4.06. The SMILES string of the molecule is O=C(c1cc(-c2ccc(F)cc2)no1)N1CCCC[C@@H]1c1ncc(Cc2ccccc2)o1. The molecule has 3 heterocycles. The van der Waals surface area contributed by atoms with Crippen molar-refractivity contribution in [1.29, 1.82) is 0 Å². The number of nitrogens with zero attached hydrogens (tertiary/aromatic N) is 3. The van der Waals surface area contributed by atoms with Crippen LogP contribution in [-0.4, -0.2) is 27.5 Å². The zero-order chi connectivity index (χ0) is 21.9. The molecule has 1 saturated heterocycles. The second kappa shape index (κ2) is 8.78. The average Bonchev–Trinajstić information content (AvgIpc) is 3.50. The summed E-state index contributed by atoms with van der Waals surface area (Å²) in [6.07, 6.45) is 5.05. The quantitative estimate of drug-likeness (QED) is 0.421. The van der Waals surface area contributed by atoms with Gasteiger partial charge in [0.1, 0.15) is 23.3 Å². The molecule has 0 spiro atoms. The molecule has 2 aromatic carbocycles. The fraction of sp³-hybridized carbons (Fsp3) is 0.240. The number of amides is 1. The maximum absolute atomic E-state index is 13.2. The minimum Gasteiger partial charge on any atom is -0.443 e. The van der Waals surface area contributed by atoms with Crippen LogP contribution < -0.4 is 0 Å². The van der Waals surface area contributed by atoms with Crippen LogP contribution in [0.4, 0.5) is 4.39 Å². The summed E-state index contributed by atoms with van der Waals surface area (Å²) in [6.45, 7) is 0.590. The summed E-state index contributed by atoms with van der Waals surface area (Å²) in [5, 5.41) is 4.00. The summed E-state index contributed by atoms with van der Waals surface area (Å²) in [5.41, 5.74) is 2.31. The first-order valence-corrected chi connectivity index (χ1v) is 10.7. The highest BCUT2D eigenvalue weighted by Gasteiger charge is 2.33. The highest BCUT2D eigenvalue weighted by atomic mass is 19.1. The van der Waals surface area contributed by atoms with Crippen molar-refractivity contribution < 1.29 is 18.1 Å². The van der Waals surface area contributed by atoms with Gasteiger partial charge < -0.3 is 13.8 Å². The van der Waals surface area contributed by atoms with Gasteiger partial charge in [0.15, 0.2) is 0 Å². The van der Waals surface area contributed by atoms with E-state index in [4.69, 9.17) is 8.94 Å². The molecule has 5 rings (SSSR count). The van der Waals surface area contributed by atoms with Crippen molar-refractivity contribution in [2.45, 2.75) is 31.7 Å². The van der Waals surface area contributed by atoms with Gasteiger partial charge >= 0.3 is 0 Å². The van der Waals surface area contributed by atoms with Crippen molar-refractivity contribution in [3.05, 3.63) is 95.7 Å². The first kappa shape index (κ1) is 20.2. The van der Waals surface area contributed by atoms with Gasteiger partial charge in [0.2, 0.25) is 11.7 Å². The number of likely N-dealkylation sites (tertiary alicyclic amines) is 1. The Morgan fingerprint density at radius 2 is 1.91 bits per heavy atom. The van der Waals surface area contributed by atoms with E-state index < -0.39 is 0 Å². The van der Waals surface area contributed by atoms with Crippen molar-refractivity contribution in [2.24, 2.45) is 0 Å². The number of piperidine rings is 1. The molecule has 0 bridgehead atoms. The van der Waals surface area contributed by atoms with Crippen molar-refractivity contribution in [1.82, 2.24) is 15.0 Å². The van der Waals surface area contributed by atoms with E-state index in [1.54, 1.807) is 29.3 Å². The van der Waals surface area contributed by atoms with E-state index in [2.05, 4.69) is 10.1 Å². The number of benzene rings is 2. The van der Waals surface area contributed by atoms with Crippen LogP contribution in [0.2, 0.25) is 0 Å². The van der Waals surface area contributed by atoms with Gasteiger partial charge in [-0.1, -0.05) is 35.5 Å². The molecule has 0 unspecified atom stereocenters. The molecule has 162 valence electrons. The van der Waals surface area contributed by atoms with Gasteiger partial charge in [0, 0.05) is 24.6 Å². The van der Waals surface area contributed by atoms with Gasteiger partial charge in [-0.15, -0.1) is 0 Å². The van der Waals surface area contributed by atoms with Crippen molar-refractivity contribution in [2.75, 3.05) is 6.54 Å². The van der Waals surface area contributed by atoms with E-state index in [0.717, 1.165) is 30.6 Å². The first-order valence-electron chi connectivity index (χ1n) is 10.7. The molecule has 0 N–H and O–H groups in total. The van der Waals surface area contributed by atoms with Gasteiger partial charge in [0.05, 0.1) is 6.20 Å². The van der Waals surface area contributed by atoms with Crippen LogP contribution in [0.25, 0.3) is 11.3 Å². The Morgan fingerprint density at radius 1 is 1.09 bits per heavy atom. The monoisotopic (exact) mass is 431 g/mol. The van der Waals surface area contributed by atoms with Crippen LogP contribution in [0.1, 0.15) is 53.1 Å². The van der Waals surface area contributed by atoms with Gasteiger partial charge in [-0.2, -0.15) is 0 Å². The van der Waals surface area contributed by atoms with Crippen LogP contribution in [-0.2, 0) is 6.42 Å². The molecule has 0 radical (unpaired) electrons. The molecular weight excluding hydrogens is 409 g/mol. The number of aromatic nitrogens is 2. The van der Waals surface area contributed by atoms with Crippen LogP contribution in [0.15, 0.2) is 75.8 Å². The smallest absolute Gasteiger partial charge is 0.293 e. The Kier molecular flexibility index (Phi) is 5.54. The van der Waals surface area contributed by atoms with Crippen LogP contribution >= 0.6 is 0 Å². The summed E-state index contributed by atoms with van der Waals surface area (Å²) in [7, 11) is 0. The minimum absolute atomic E-state index is 0.146. The molecule has 1 aliphatic rings. The zero-order valence-corrected chi connectivity index (χ0v) is 17.4. The second-order valence-corrected chi connectivity index (χ2v) is 7.92. The van der Waals surface area contributed by atoms with E-state index in [1.807, 2.05) is 30.3 Å². The zero-order valence-electron chi connectivity index (χ0n) is 17.4. The highest BCUT2D eigenvalue weighted by Crippen LogP contribution is 2.33. The van der Waals surface area contributed by atoms with E-state index in [1.165, 1.54) is 12.1 Å². The number of carbonyl (C=O) groups is 1. The Labute approximate surface area is 184 Å². The third kappa shape index (κ3) is 4.19. The lowest BCUT2D eigenvalue weighted by atomic mass is 10.0. The van der Waals surface area contributed by atoms with Gasteiger partial charge in [0.25, 0.3) is 5.91 Å². The molecular formula is C25H22FN3O3. The number of oxazole rings is 1. The maximum atomic E-state index is 13.2. The third-order valence-electron chi connectivity index (χ3n) is 5.70. The summed E-state index contributed by atoms with van der Waals surface area (Å²) >= 11 is 0. The molecule has 4 aromatic rings. The van der Waals surface area contributed by atoms with Crippen molar-refractivity contribution in [3.8, 4) is 11.3 Å². The van der Waals surface area contributed by atoms with Crippen molar-refractivity contribution in [3.63, 3.8) is 0 Å². The van der Waals surface area contributed by atoms with E-state index in [-0.39, 0.29) is 23.5 Å². The molecule has 1 fully saturated rings. The van der Waals surface area contributed by atoms with Crippen LogP contribution in [0.3, 0.4) is 0 Å². The van der Waals surface area contributed by atoms with Crippen LogP contribution in [0.5, 0.6) is 0 Å². The summed E-state index contributed by atoms with van der Waals surface area (Å²) in [6, 6.07) is 17.3. The Bertz CT molecular complexity index is 1200. The number of halogens is 1. The molecule has 1 atom stereocenters. The molecule has 32 heavy (non-hydrogen) atoms. The van der Waals surface area contributed by atoms with Crippen molar-refractivity contribution >= 4 is 5.91 Å². The molecule has 7 heteroatoms. The lowest BCUT2D eigenvalue weighted by molar-refractivity contribution is 0.0528. The topological polar surface area (TPSA) is 72.4 Å². The minimum atomic E-state index is -0.331. The summed E-state index contributed by atoms with van der Waals surface area (Å²) in [5.74, 6) is 0.873. The van der Waals surface area contributed by atoms with E-state index in [0.29, 0.717) is 30.1 Å². The Hall–Kier alpha value is -3.74. The summed E-state index contributed by atoms with van der Waals surface area (Å²) in [4.78, 5) is 19.5.